The molecule has 6 nitrogen and oxygen atoms in total. The zero-order chi connectivity index (χ0) is 20.9. The van der Waals surface area contributed by atoms with Crippen LogP contribution in [0.25, 0.3) is 16.3 Å². The number of ether oxygens (including phenoxy) is 1. The molecule has 3 aromatic heterocycles. The van der Waals surface area contributed by atoms with Crippen molar-refractivity contribution < 1.29 is 9.53 Å². The summed E-state index contributed by atoms with van der Waals surface area (Å²) in [7, 11) is 1.78. The van der Waals surface area contributed by atoms with Crippen molar-refractivity contribution in [3.8, 4) is 22.1 Å². The van der Waals surface area contributed by atoms with Gasteiger partial charge in [-0.05, 0) is 42.6 Å². The summed E-state index contributed by atoms with van der Waals surface area (Å²) >= 11 is 1.63. The van der Waals surface area contributed by atoms with E-state index >= 15 is 0 Å². The second-order valence-electron chi connectivity index (χ2n) is 6.71. The minimum Gasteiger partial charge on any atom is -0.477 e. The Morgan fingerprint density at radius 3 is 2.70 bits per heavy atom. The maximum absolute atomic E-state index is 13.1. The molecule has 0 fully saturated rings. The number of carbonyl (C=O) groups is 1. The molecule has 4 rings (SSSR count). The van der Waals surface area contributed by atoms with E-state index in [4.69, 9.17) is 9.84 Å². The van der Waals surface area contributed by atoms with E-state index in [9.17, 15) is 4.79 Å². The van der Waals surface area contributed by atoms with Crippen molar-refractivity contribution >= 4 is 17.2 Å². The highest BCUT2D eigenvalue weighted by Crippen LogP contribution is 2.29. The van der Waals surface area contributed by atoms with Gasteiger partial charge in [-0.1, -0.05) is 24.3 Å². The lowest BCUT2D eigenvalue weighted by atomic mass is 10.2. The number of hydrogen-bond acceptors (Lipinski definition) is 5. The molecule has 0 bridgehead atoms. The largest absolute Gasteiger partial charge is 0.477 e. The summed E-state index contributed by atoms with van der Waals surface area (Å²) in [5, 5.41) is 6.83. The van der Waals surface area contributed by atoms with Gasteiger partial charge in [0.1, 0.15) is 11.3 Å². The quantitative estimate of drug-likeness (QED) is 0.438. The molecule has 0 N–H and O–H groups in total. The fourth-order valence-corrected chi connectivity index (χ4v) is 3.94. The molecule has 0 atom stereocenters. The van der Waals surface area contributed by atoms with Crippen molar-refractivity contribution in [3.63, 3.8) is 0 Å². The maximum Gasteiger partial charge on any atom is 0.259 e. The Bertz CT molecular complexity index is 1120. The van der Waals surface area contributed by atoms with Gasteiger partial charge in [-0.15, -0.1) is 11.3 Å². The minimum absolute atomic E-state index is 0.142. The van der Waals surface area contributed by atoms with Crippen LogP contribution in [0.1, 0.15) is 22.8 Å². The highest BCUT2D eigenvalue weighted by atomic mass is 32.1. The van der Waals surface area contributed by atoms with Gasteiger partial charge in [0.2, 0.25) is 5.88 Å². The molecule has 0 saturated carbocycles. The molecular weight excluding hydrogens is 396 g/mol. The van der Waals surface area contributed by atoms with Gasteiger partial charge >= 0.3 is 0 Å². The highest BCUT2D eigenvalue weighted by Gasteiger charge is 2.21. The first-order chi connectivity index (χ1) is 14.7. The molecule has 7 heteroatoms. The van der Waals surface area contributed by atoms with Gasteiger partial charge in [0, 0.05) is 31.5 Å². The van der Waals surface area contributed by atoms with Gasteiger partial charge in [-0.2, -0.15) is 5.10 Å². The number of aromatic nitrogens is 3. The summed E-state index contributed by atoms with van der Waals surface area (Å²) in [5.41, 5.74) is 3.28. The van der Waals surface area contributed by atoms with Crippen LogP contribution >= 0.6 is 11.3 Å². The van der Waals surface area contributed by atoms with E-state index in [-0.39, 0.29) is 5.91 Å². The third-order valence-corrected chi connectivity index (χ3v) is 5.48. The van der Waals surface area contributed by atoms with Crippen LogP contribution in [-0.2, 0) is 6.54 Å². The zero-order valence-electron chi connectivity index (χ0n) is 16.9. The molecule has 152 valence electrons. The first-order valence-electron chi connectivity index (χ1n) is 9.68. The van der Waals surface area contributed by atoms with Crippen LogP contribution in [0, 0.1) is 0 Å². The molecule has 0 aliphatic rings. The second kappa shape index (κ2) is 8.92. The van der Waals surface area contributed by atoms with Crippen molar-refractivity contribution in [2.75, 3.05) is 13.7 Å². The van der Waals surface area contributed by atoms with Crippen LogP contribution in [0.3, 0.4) is 0 Å². The fourth-order valence-electron chi connectivity index (χ4n) is 3.20. The van der Waals surface area contributed by atoms with Crippen molar-refractivity contribution in [3.05, 3.63) is 83.5 Å². The number of amides is 1. The summed E-state index contributed by atoms with van der Waals surface area (Å²) in [6, 6.07) is 17.5. The van der Waals surface area contributed by atoms with Gasteiger partial charge in [0.15, 0.2) is 0 Å². The minimum atomic E-state index is -0.142. The Morgan fingerprint density at radius 1 is 1.13 bits per heavy atom. The number of thiophene rings is 1. The summed E-state index contributed by atoms with van der Waals surface area (Å²) in [4.78, 5) is 20.0. The van der Waals surface area contributed by atoms with Gasteiger partial charge in [-0.25, -0.2) is 9.67 Å². The Labute approximate surface area is 179 Å². The molecule has 1 amide bonds. The van der Waals surface area contributed by atoms with Crippen LogP contribution in [0.4, 0.5) is 0 Å². The van der Waals surface area contributed by atoms with E-state index < -0.39 is 0 Å². The summed E-state index contributed by atoms with van der Waals surface area (Å²) in [6.07, 6.45) is 3.61. The van der Waals surface area contributed by atoms with E-state index in [1.807, 2.05) is 65.6 Å². The summed E-state index contributed by atoms with van der Waals surface area (Å²) in [6.45, 7) is 2.74. The number of hydrogen-bond donors (Lipinski definition) is 0. The summed E-state index contributed by atoms with van der Waals surface area (Å²) < 4.78 is 7.39. The maximum atomic E-state index is 13.1. The van der Waals surface area contributed by atoms with Crippen LogP contribution in [-0.4, -0.2) is 39.2 Å². The predicted molar refractivity (Wildman–Crippen MR) is 118 cm³/mol. The molecule has 30 heavy (non-hydrogen) atoms. The van der Waals surface area contributed by atoms with Crippen LogP contribution < -0.4 is 4.74 Å². The highest BCUT2D eigenvalue weighted by molar-refractivity contribution is 7.13. The first kappa shape index (κ1) is 19.8. The van der Waals surface area contributed by atoms with Crippen LogP contribution in [0.15, 0.2) is 72.4 Å². The Balaban J connectivity index is 1.65. The van der Waals surface area contributed by atoms with Crippen molar-refractivity contribution in [2.45, 2.75) is 13.5 Å². The Hall–Kier alpha value is -3.45. The van der Waals surface area contributed by atoms with E-state index in [0.29, 0.717) is 24.6 Å². The molecule has 0 saturated heterocycles. The average Bonchev–Trinajstić information content (AvgIpc) is 3.44. The SMILES string of the molecule is CCOc1ncccc1C(=O)N(C)Cc1cn(-c2ccccc2)nc1-c1cccs1. The van der Waals surface area contributed by atoms with Crippen molar-refractivity contribution in [2.24, 2.45) is 0 Å². The number of para-hydroxylation sites is 1. The van der Waals surface area contributed by atoms with Crippen molar-refractivity contribution in [1.82, 2.24) is 19.7 Å². The van der Waals surface area contributed by atoms with Gasteiger partial charge in [0.25, 0.3) is 5.91 Å². The molecule has 0 spiro atoms. The topological polar surface area (TPSA) is 60.2 Å². The summed E-state index contributed by atoms with van der Waals surface area (Å²) in [5.74, 6) is 0.214. The van der Waals surface area contributed by atoms with Gasteiger partial charge < -0.3 is 9.64 Å². The van der Waals surface area contributed by atoms with Gasteiger partial charge in [-0.3, -0.25) is 4.79 Å². The van der Waals surface area contributed by atoms with E-state index in [0.717, 1.165) is 21.8 Å². The smallest absolute Gasteiger partial charge is 0.259 e. The number of rotatable bonds is 7. The number of nitrogens with zero attached hydrogens (tertiary/aromatic N) is 4. The van der Waals surface area contributed by atoms with E-state index in [1.165, 1.54) is 0 Å². The third-order valence-electron chi connectivity index (χ3n) is 4.60. The molecule has 1 aromatic carbocycles. The molecule has 0 unspecified atom stereocenters. The van der Waals surface area contributed by atoms with Gasteiger partial charge in [0.05, 0.1) is 17.2 Å². The number of carbonyl (C=O) groups excluding carboxylic acids is 1. The molecule has 0 radical (unpaired) electrons. The Morgan fingerprint density at radius 2 is 1.97 bits per heavy atom. The van der Waals surface area contributed by atoms with E-state index in [1.54, 1.807) is 41.6 Å². The monoisotopic (exact) mass is 418 g/mol. The number of pyridine rings is 1. The molecule has 4 aromatic rings. The first-order valence-corrected chi connectivity index (χ1v) is 10.6. The van der Waals surface area contributed by atoms with E-state index in [2.05, 4.69) is 4.98 Å². The lowest BCUT2D eigenvalue weighted by molar-refractivity contribution is 0.0780. The third kappa shape index (κ3) is 4.11. The van der Waals surface area contributed by atoms with Crippen LogP contribution in [0.5, 0.6) is 5.88 Å². The standard InChI is InChI=1S/C23H22N4O2S/c1-3-29-22-19(11-7-13-24-22)23(28)26(2)15-17-16-27(18-9-5-4-6-10-18)25-21(17)20-12-8-14-30-20/h4-14,16H,3,15H2,1-2H3. The number of benzene rings is 1. The Kier molecular flexibility index (Phi) is 5.90. The predicted octanol–water partition coefficient (Wildman–Crippen LogP) is 4.67. The lowest BCUT2D eigenvalue weighted by Crippen LogP contribution is -2.27. The molecule has 0 aliphatic carbocycles. The van der Waals surface area contributed by atoms with Crippen LogP contribution in [0.2, 0.25) is 0 Å². The second-order valence-corrected chi connectivity index (χ2v) is 7.66. The van der Waals surface area contributed by atoms with Crippen molar-refractivity contribution in [1.29, 1.82) is 0 Å². The average molecular weight is 419 g/mol. The molecular formula is C23H22N4O2S. The zero-order valence-corrected chi connectivity index (χ0v) is 17.7. The normalized spacial score (nSPS) is 10.7. The molecule has 0 aliphatic heterocycles. The lowest BCUT2D eigenvalue weighted by Gasteiger charge is -2.18. The fraction of sp³-hybridized carbons (Fsp3) is 0.174. The molecule has 3 heterocycles.